The number of amides is 1. The van der Waals surface area contributed by atoms with Crippen molar-refractivity contribution in [3.05, 3.63) is 29.3 Å². The average Bonchev–Trinajstić information content (AvgIpc) is 3.48. The van der Waals surface area contributed by atoms with E-state index in [9.17, 15) is 4.79 Å². The number of carbonyl (C=O) groups excluding carboxylic acids is 1. The van der Waals surface area contributed by atoms with E-state index >= 15 is 0 Å². The first-order valence-corrected chi connectivity index (χ1v) is 11.6. The minimum atomic E-state index is 0.0225. The molecule has 1 aromatic rings. The number of likely N-dealkylation sites (N-methyl/N-ethyl adjacent to an activating group) is 2. The van der Waals surface area contributed by atoms with Gasteiger partial charge in [0.05, 0.1) is 19.7 Å². The number of guanidine groups is 1. The molecule has 1 aromatic carbocycles. The number of nitrogens with zero attached hydrogens (tertiary/aromatic N) is 3. The first kappa shape index (κ1) is 23.4. The Labute approximate surface area is 187 Å². The summed E-state index contributed by atoms with van der Waals surface area (Å²) < 4.78 is 6.10. The molecule has 0 bridgehead atoms. The van der Waals surface area contributed by atoms with Gasteiger partial charge in [-0.2, -0.15) is 0 Å². The van der Waals surface area contributed by atoms with Gasteiger partial charge in [-0.15, -0.1) is 0 Å². The number of aliphatic imine (C=N–C) groups is 1. The van der Waals surface area contributed by atoms with Crippen molar-refractivity contribution in [1.82, 2.24) is 20.4 Å². The second kappa shape index (κ2) is 11.4. The monoisotopic (exact) mass is 429 g/mol. The number of ether oxygens (including phenoxy) is 1. The summed E-state index contributed by atoms with van der Waals surface area (Å²) in [5, 5.41) is 6.67. The molecule has 2 aliphatic rings. The SMILES string of the molecule is CCN1CCCC1CNC(=NCc1ccc(C)cc1OCC1CC1)NCC(=O)N(C)C. The van der Waals surface area contributed by atoms with Gasteiger partial charge >= 0.3 is 0 Å². The minimum absolute atomic E-state index is 0.0225. The largest absolute Gasteiger partial charge is 0.493 e. The first-order chi connectivity index (χ1) is 15.0. The van der Waals surface area contributed by atoms with Gasteiger partial charge in [0.2, 0.25) is 5.91 Å². The predicted octanol–water partition coefficient (Wildman–Crippen LogP) is 2.39. The molecule has 172 valence electrons. The fourth-order valence-electron chi connectivity index (χ4n) is 3.83. The fraction of sp³-hybridized carbons (Fsp3) is 0.667. The van der Waals surface area contributed by atoms with Crippen molar-refractivity contribution in [2.24, 2.45) is 10.9 Å². The first-order valence-electron chi connectivity index (χ1n) is 11.6. The number of carbonyl (C=O) groups is 1. The third-order valence-electron chi connectivity index (χ3n) is 6.12. The van der Waals surface area contributed by atoms with E-state index in [0.717, 1.165) is 37.6 Å². The van der Waals surface area contributed by atoms with Crippen LogP contribution in [0.2, 0.25) is 0 Å². The molecule has 1 aliphatic carbocycles. The van der Waals surface area contributed by atoms with E-state index in [1.807, 2.05) is 0 Å². The third-order valence-corrected chi connectivity index (χ3v) is 6.12. The molecule has 2 fully saturated rings. The summed E-state index contributed by atoms with van der Waals surface area (Å²) in [5.41, 5.74) is 2.26. The number of benzene rings is 1. The maximum Gasteiger partial charge on any atom is 0.241 e. The van der Waals surface area contributed by atoms with Gasteiger partial charge in [0, 0.05) is 32.2 Å². The van der Waals surface area contributed by atoms with E-state index in [0.29, 0.717) is 24.5 Å². The lowest BCUT2D eigenvalue weighted by Gasteiger charge is -2.24. The van der Waals surface area contributed by atoms with Gasteiger partial charge in [-0.25, -0.2) is 4.99 Å². The zero-order valence-corrected chi connectivity index (χ0v) is 19.6. The van der Waals surface area contributed by atoms with E-state index in [4.69, 9.17) is 9.73 Å². The van der Waals surface area contributed by atoms with Crippen LogP contribution in [0.5, 0.6) is 5.75 Å². The molecule has 31 heavy (non-hydrogen) atoms. The highest BCUT2D eigenvalue weighted by Gasteiger charge is 2.23. The number of hydrogen-bond acceptors (Lipinski definition) is 4. The molecule has 1 aliphatic heterocycles. The van der Waals surface area contributed by atoms with E-state index in [1.54, 1.807) is 19.0 Å². The Kier molecular flexibility index (Phi) is 8.58. The van der Waals surface area contributed by atoms with Gasteiger partial charge in [0.1, 0.15) is 5.75 Å². The molecule has 7 nitrogen and oxygen atoms in total. The number of likely N-dealkylation sites (tertiary alicyclic amines) is 1. The highest BCUT2D eigenvalue weighted by Crippen LogP contribution is 2.31. The van der Waals surface area contributed by atoms with Crippen LogP contribution < -0.4 is 15.4 Å². The molecule has 0 spiro atoms. The van der Waals surface area contributed by atoms with E-state index in [1.165, 1.54) is 31.2 Å². The topological polar surface area (TPSA) is 69.2 Å². The lowest BCUT2D eigenvalue weighted by molar-refractivity contribution is -0.127. The Hall–Kier alpha value is -2.28. The third kappa shape index (κ3) is 7.42. The van der Waals surface area contributed by atoms with E-state index < -0.39 is 0 Å². The maximum absolute atomic E-state index is 12.1. The van der Waals surface area contributed by atoms with Crippen molar-refractivity contribution in [2.75, 3.05) is 46.9 Å². The van der Waals surface area contributed by atoms with Crippen molar-refractivity contribution >= 4 is 11.9 Å². The van der Waals surface area contributed by atoms with Crippen LogP contribution in [0.15, 0.2) is 23.2 Å². The Morgan fingerprint density at radius 3 is 2.77 bits per heavy atom. The zero-order valence-electron chi connectivity index (χ0n) is 19.6. The standard InChI is InChI=1S/C24H39N5O2/c1-5-29-12-6-7-21(29)15-26-24(27-16-23(30)28(3)4)25-14-20-11-8-18(2)13-22(20)31-17-19-9-10-19/h8,11,13,19,21H,5-7,9-10,12,14-17H2,1-4H3,(H2,25,26,27). The Bertz CT molecular complexity index is 760. The molecule has 1 saturated carbocycles. The van der Waals surface area contributed by atoms with Crippen LogP contribution in [0.4, 0.5) is 0 Å². The lowest BCUT2D eigenvalue weighted by atomic mass is 10.1. The molecule has 1 unspecified atom stereocenters. The Balaban J connectivity index is 1.66. The van der Waals surface area contributed by atoms with Crippen molar-refractivity contribution in [1.29, 1.82) is 0 Å². The van der Waals surface area contributed by atoms with Crippen molar-refractivity contribution in [2.45, 2.75) is 52.1 Å². The van der Waals surface area contributed by atoms with Gasteiger partial charge in [-0.05, 0) is 63.2 Å². The lowest BCUT2D eigenvalue weighted by Crippen LogP contribution is -2.47. The molecule has 1 amide bonds. The molecule has 0 aromatic heterocycles. The van der Waals surface area contributed by atoms with Gasteiger partial charge in [-0.3, -0.25) is 9.69 Å². The normalized spacial score (nSPS) is 19.4. The van der Waals surface area contributed by atoms with Gasteiger partial charge in [0.25, 0.3) is 0 Å². The summed E-state index contributed by atoms with van der Waals surface area (Å²) in [6.07, 6.45) is 4.98. The van der Waals surface area contributed by atoms with Crippen LogP contribution in [-0.2, 0) is 11.3 Å². The van der Waals surface area contributed by atoms with Crippen LogP contribution in [0.1, 0.15) is 43.7 Å². The summed E-state index contributed by atoms with van der Waals surface area (Å²) in [7, 11) is 3.53. The van der Waals surface area contributed by atoms with Crippen molar-refractivity contribution in [3.8, 4) is 5.75 Å². The molecule has 7 heteroatoms. The van der Waals surface area contributed by atoms with Crippen molar-refractivity contribution < 1.29 is 9.53 Å². The minimum Gasteiger partial charge on any atom is -0.493 e. The second-order valence-electron chi connectivity index (χ2n) is 8.98. The quantitative estimate of drug-likeness (QED) is 0.442. The molecule has 1 heterocycles. The molecule has 1 saturated heterocycles. The summed E-state index contributed by atoms with van der Waals surface area (Å²) in [4.78, 5) is 21.0. The summed E-state index contributed by atoms with van der Waals surface area (Å²) in [5.74, 6) is 2.33. The van der Waals surface area contributed by atoms with Crippen LogP contribution in [0.3, 0.4) is 0 Å². The Morgan fingerprint density at radius 2 is 2.06 bits per heavy atom. The predicted molar refractivity (Wildman–Crippen MR) is 126 cm³/mol. The second-order valence-corrected chi connectivity index (χ2v) is 8.98. The van der Waals surface area contributed by atoms with Gasteiger partial charge in [0.15, 0.2) is 5.96 Å². The number of hydrogen-bond donors (Lipinski definition) is 2. The van der Waals surface area contributed by atoms with Crippen LogP contribution in [0, 0.1) is 12.8 Å². The zero-order chi connectivity index (χ0) is 22.2. The van der Waals surface area contributed by atoms with Gasteiger partial charge < -0.3 is 20.3 Å². The highest BCUT2D eigenvalue weighted by atomic mass is 16.5. The number of rotatable bonds is 10. The van der Waals surface area contributed by atoms with Crippen LogP contribution in [0.25, 0.3) is 0 Å². The maximum atomic E-state index is 12.1. The summed E-state index contributed by atoms with van der Waals surface area (Å²) >= 11 is 0. The molecule has 2 N–H and O–H groups in total. The number of aryl methyl sites for hydroxylation is 1. The van der Waals surface area contributed by atoms with Crippen LogP contribution in [-0.4, -0.2) is 74.6 Å². The molecular weight excluding hydrogens is 390 g/mol. The van der Waals surface area contributed by atoms with E-state index in [2.05, 4.69) is 47.6 Å². The highest BCUT2D eigenvalue weighted by molar-refractivity contribution is 5.86. The fourth-order valence-corrected chi connectivity index (χ4v) is 3.83. The van der Waals surface area contributed by atoms with Gasteiger partial charge in [-0.1, -0.05) is 19.1 Å². The molecule has 1 atom stereocenters. The molecular formula is C24H39N5O2. The van der Waals surface area contributed by atoms with Crippen LogP contribution >= 0.6 is 0 Å². The summed E-state index contributed by atoms with van der Waals surface area (Å²) in [6, 6.07) is 6.81. The smallest absolute Gasteiger partial charge is 0.241 e. The van der Waals surface area contributed by atoms with Crippen molar-refractivity contribution in [3.63, 3.8) is 0 Å². The summed E-state index contributed by atoms with van der Waals surface area (Å²) in [6.45, 7) is 8.86. The molecule has 0 radical (unpaired) electrons. The number of nitrogens with one attached hydrogen (secondary N) is 2. The Morgan fingerprint density at radius 1 is 1.26 bits per heavy atom. The molecule has 3 rings (SSSR count). The average molecular weight is 430 g/mol. The van der Waals surface area contributed by atoms with E-state index in [-0.39, 0.29) is 12.5 Å².